The Balaban J connectivity index is 2.29. The molecular formula is C23H34N4O. The lowest BCUT2D eigenvalue weighted by Gasteiger charge is -2.32. The lowest BCUT2D eigenvalue weighted by Crippen LogP contribution is -2.47. The van der Waals surface area contributed by atoms with Crippen LogP contribution in [0.1, 0.15) is 25.8 Å². The van der Waals surface area contributed by atoms with Gasteiger partial charge in [-0.15, -0.1) is 0 Å². The number of para-hydroxylation sites is 1. The number of nitrogens with one attached hydrogen (secondary N) is 2. The summed E-state index contributed by atoms with van der Waals surface area (Å²) in [7, 11) is 1.98. The first-order valence-electron chi connectivity index (χ1n) is 9.98. The molecule has 28 heavy (non-hydrogen) atoms. The molecule has 1 atom stereocenters. The Morgan fingerprint density at radius 2 is 2.04 bits per heavy atom. The molecule has 0 aliphatic carbocycles. The van der Waals surface area contributed by atoms with Gasteiger partial charge in [-0.25, -0.2) is 0 Å². The summed E-state index contributed by atoms with van der Waals surface area (Å²) in [6, 6.07) is 7.66. The summed E-state index contributed by atoms with van der Waals surface area (Å²) in [6.45, 7) is 12.4. The van der Waals surface area contributed by atoms with Crippen LogP contribution >= 0.6 is 0 Å². The highest BCUT2D eigenvalue weighted by atomic mass is 16.3. The number of allylic oxidation sites excluding steroid dienone is 4. The number of piperazine rings is 1. The van der Waals surface area contributed by atoms with E-state index in [1.807, 2.05) is 31.3 Å². The van der Waals surface area contributed by atoms with Gasteiger partial charge in [0.05, 0.1) is 6.54 Å². The van der Waals surface area contributed by atoms with Crippen LogP contribution in [-0.2, 0) is 6.54 Å². The smallest absolute Gasteiger partial charge is 0.120 e. The fourth-order valence-electron chi connectivity index (χ4n) is 3.04. The van der Waals surface area contributed by atoms with Crippen molar-refractivity contribution in [3.8, 4) is 5.75 Å². The van der Waals surface area contributed by atoms with Crippen LogP contribution in [0, 0.1) is 0 Å². The standard InChI is InChI=1S/C23H34N4O/c1-5-18(2)10-11-20(19(3)24-4)16-23(27-14-12-25-13-15-27)26-17-21-8-6-7-9-22(21)28/h5-11,19,24-25,28H,1,12-17H2,2-4H3/b18-10-,20-11-,26-23?. The number of phenolic OH excluding ortho intramolecular Hbond substituents is 1. The number of hydrogen-bond acceptors (Lipinski definition) is 4. The Bertz CT molecular complexity index is 730. The zero-order valence-corrected chi connectivity index (χ0v) is 17.4. The molecule has 1 aromatic rings. The van der Waals surface area contributed by atoms with Crippen LogP contribution in [0.5, 0.6) is 5.75 Å². The average Bonchev–Trinajstić information content (AvgIpc) is 2.74. The summed E-state index contributed by atoms with van der Waals surface area (Å²) in [4.78, 5) is 7.29. The summed E-state index contributed by atoms with van der Waals surface area (Å²) in [6.07, 6.45) is 6.92. The zero-order chi connectivity index (χ0) is 20.4. The summed E-state index contributed by atoms with van der Waals surface area (Å²) < 4.78 is 0. The Hall–Kier alpha value is -2.37. The van der Waals surface area contributed by atoms with Crippen LogP contribution in [-0.4, -0.2) is 55.1 Å². The number of rotatable bonds is 8. The summed E-state index contributed by atoms with van der Waals surface area (Å²) in [5.74, 6) is 1.37. The van der Waals surface area contributed by atoms with Crippen molar-refractivity contribution in [1.29, 1.82) is 0 Å². The Morgan fingerprint density at radius 1 is 1.32 bits per heavy atom. The van der Waals surface area contributed by atoms with Crippen molar-refractivity contribution < 1.29 is 5.11 Å². The number of nitrogens with zero attached hydrogens (tertiary/aromatic N) is 2. The molecule has 3 N–H and O–H groups in total. The highest BCUT2D eigenvalue weighted by molar-refractivity contribution is 5.85. The number of aliphatic imine (C=N–C) groups is 1. The van der Waals surface area contributed by atoms with E-state index in [2.05, 4.69) is 48.1 Å². The first kappa shape index (κ1) is 21.9. The zero-order valence-electron chi connectivity index (χ0n) is 17.4. The average molecular weight is 383 g/mol. The van der Waals surface area contributed by atoms with E-state index in [1.165, 1.54) is 5.57 Å². The topological polar surface area (TPSA) is 59.9 Å². The second-order valence-electron chi connectivity index (χ2n) is 7.14. The molecule has 1 heterocycles. The molecule has 1 unspecified atom stereocenters. The molecule has 1 saturated heterocycles. The van der Waals surface area contributed by atoms with Crippen molar-refractivity contribution in [2.24, 2.45) is 4.99 Å². The van der Waals surface area contributed by atoms with Crippen molar-refractivity contribution in [2.45, 2.75) is 32.9 Å². The van der Waals surface area contributed by atoms with Crippen molar-refractivity contribution in [2.75, 3.05) is 33.2 Å². The predicted molar refractivity (Wildman–Crippen MR) is 119 cm³/mol. The molecule has 0 spiro atoms. The lowest BCUT2D eigenvalue weighted by atomic mass is 10.0. The molecule has 5 nitrogen and oxygen atoms in total. The van der Waals surface area contributed by atoms with Crippen LogP contribution in [0.3, 0.4) is 0 Å². The lowest BCUT2D eigenvalue weighted by molar-refractivity contribution is 0.351. The van der Waals surface area contributed by atoms with E-state index >= 15 is 0 Å². The fourth-order valence-corrected chi connectivity index (χ4v) is 3.04. The molecule has 152 valence electrons. The first-order chi connectivity index (χ1) is 13.5. The Labute approximate surface area is 169 Å². The highest BCUT2D eigenvalue weighted by Crippen LogP contribution is 2.19. The van der Waals surface area contributed by atoms with Crippen LogP contribution in [0.25, 0.3) is 0 Å². The van der Waals surface area contributed by atoms with Crippen LogP contribution in [0.2, 0.25) is 0 Å². The minimum atomic E-state index is 0.243. The summed E-state index contributed by atoms with van der Waals surface area (Å²) in [5, 5.41) is 16.8. The third-order valence-electron chi connectivity index (χ3n) is 5.14. The van der Waals surface area contributed by atoms with Gasteiger partial charge in [-0.2, -0.15) is 0 Å². The minimum Gasteiger partial charge on any atom is -0.508 e. The maximum absolute atomic E-state index is 10.1. The van der Waals surface area contributed by atoms with E-state index in [4.69, 9.17) is 4.99 Å². The van der Waals surface area contributed by atoms with Crippen molar-refractivity contribution in [3.63, 3.8) is 0 Å². The van der Waals surface area contributed by atoms with Crippen LogP contribution in [0.15, 0.2) is 65.2 Å². The van der Waals surface area contributed by atoms with Crippen LogP contribution < -0.4 is 10.6 Å². The maximum atomic E-state index is 10.1. The van der Waals surface area contributed by atoms with Gasteiger partial charge in [0, 0.05) is 44.2 Å². The molecule has 1 fully saturated rings. The molecule has 0 amide bonds. The third-order valence-corrected chi connectivity index (χ3v) is 5.14. The van der Waals surface area contributed by atoms with Crippen LogP contribution in [0.4, 0.5) is 0 Å². The van der Waals surface area contributed by atoms with E-state index in [-0.39, 0.29) is 6.04 Å². The van der Waals surface area contributed by atoms with E-state index < -0.39 is 0 Å². The van der Waals surface area contributed by atoms with Gasteiger partial charge in [0.15, 0.2) is 0 Å². The predicted octanol–water partition coefficient (Wildman–Crippen LogP) is 3.25. The molecule has 2 rings (SSSR count). The Morgan fingerprint density at radius 3 is 2.68 bits per heavy atom. The number of amidine groups is 1. The molecule has 1 aromatic carbocycles. The molecule has 1 aliphatic heterocycles. The third kappa shape index (κ3) is 6.66. The second-order valence-corrected chi connectivity index (χ2v) is 7.14. The van der Waals surface area contributed by atoms with Gasteiger partial charge >= 0.3 is 0 Å². The number of hydrogen-bond donors (Lipinski definition) is 3. The van der Waals surface area contributed by atoms with Gasteiger partial charge in [-0.05, 0) is 32.5 Å². The van der Waals surface area contributed by atoms with Gasteiger partial charge in [-0.3, -0.25) is 4.99 Å². The van der Waals surface area contributed by atoms with E-state index in [9.17, 15) is 5.11 Å². The van der Waals surface area contributed by atoms with Gasteiger partial charge in [-0.1, -0.05) is 48.6 Å². The number of aromatic hydroxyl groups is 1. The van der Waals surface area contributed by atoms with E-state index in [0.29, 0.717) is 12.3 Å². The second kappa shape index (κ2) is 11.5. The number of phenols is 1. The minimum absolute atomic E-state index is 0.243. The molecule has 5 heteroatoms. The van der Waals surface area contributed by atoms with Gasteiger partial charge in [0.2, 0.25) is 0 Å². The first-order valence-corrected chi connectivity index (χ1v) is 9.98. The SMILES string of the molecule is C=C/C(C)=C\C=C(\CC(=NCc1ccccc1O)N1CCNCC1)C(C)NC. The molecular weight excluding hydrogens is 348 g/mol. The Kier molecular flexibility index (Phi) is 8.98. The normalized spacial score (nSPS) is 17.5. The van der Waals surface area contributed by atoms with Crippen molar-refractivity contribution >= 4 is 5.84 Å². The number of likely N-dealkylation sites (N-methyl/N-ethyl adjacent to an activating group) is 1. The largest absolute Gasteiger partial charge is 0.508 e. The van der Waals surface area contributed by atoms with Gasteiger partial charge in [0.25, 0.3) is 0 Å². The molecule has 1 aliphatic rings. The van der Waals surface area contributed by atoms with Crippen molar-refractivity contribution in [1.82, 2.24) is 15.5 Å². The van der Waals surface area contributed by atoms with Gasteiger partial charge in [0.1, 0.15) is 11.6 Å². The van der Waals surface area contributed by atoms with Gasteiger partial charge < -0.3 is 20.6 Å². The van der Waals surface area contributed by atoms with E-state index in [1.54, 1.807) is 6.07 Å². The molecule has 0 bridgehead atoms. The quantitative estimate of drug-likeness (QED) is 0.367. The maximum Gasteiger partial charge on any atom is 0.120 e. The monoisotopic (exact) mass is 382 g/mol. The molecule has 0 radical (unpaired) electrons. The highest BCUT2D eigenvalue weighted by Gasteiger charge is 2.18. The fraction of sp³-hybridized carbons (Fsp3) is 0.435. The number of benzene rings is 1. The molecule has 0 aromatic heterocycles. The van der Waals surface area contributed by atoms with E-state index in [0.717, 1.165) is 49.6 Å². The van der Waals surface area contributed by atoms with Crippen molar-refractivity contribution in [3.05, 3.63) is 65.8 Å². The molecule has 0 saturated carbocycles. The summed E-state index contributed by atoms with van der Waals surface area (Å²) in [5.41, 5.74) is 3.26. The summed E-state index contributed by atoms with van der Waals surface area (Å²) >= 11 is 0.